The third-order valence-electron chi connectivity index (χ3n) is 5.03. The summed E-state index contributed by atoms with van der Waals surface area (Å²) in [5, 5.41) is 5.09. The van der Waals surface area contributed by atoms with Crippen LogP contribution in [0.4, 0.5) is 0 Å². The van der Waals surface area contributed by atoms with Gasteiger partial charge in [-0.15, -0.1) is 5.10 Å². The minimum atomic E-state index is -0.231. The molecule has 28 heavy (non-hydrogen) atoms. The van der Waals surface area contributed by atoms with E-state index < -0.39 is 0 Å². The predicted octanol–water partition coefficient (Wildman–Crippen LogP) is 3.21. The molecule has 0 spiro atoms. The fourth-order valence-electron chi connectivity index (χ4n) is 3.54. The monoisotopic (exact) mass is 376 g/mol. The highest BCUT2D eigenvalue weighted by atomic mass is 16.2. The number of para-hydroxylation sites is 1. The van der Waals surface area contributed by atoms with Crippen LogP contribution in [0.1, 0.15) is 31.4 Å². The van der Waals surface area contributed by atoms with Crippen LogP contribution in [0, 0.1) is 12.8 Å². The third-order valence-corrected chi connectivity index (χ3v) is 5.03. The van der Waals surface area contributed by atoms with Gasteiger partial charge < -0.3 is 0 Å². The van der Waals surface area contributed by atoms with E-state index in [1.54, 1.807) is 21.1 Å². The average Bonchev–Trinajstić information content (AvgIpc) is 2.98. The number of hydrogen-bond acceptors (Lipinski definition) is 3. The summed E-state index contributed by atoms with van der Waals surface area (Å²) >= 11 is 0. The van der Waals surface area contributed by atoms with Gasteiger partial charge in [0.25, 0.3) is 5.56 Å². The van der Waals surface area contributed by atoms with E-state index in [2.05, 4.69) is 18.9 Å². The summed E-state index contributed by atoms with van der Waals surface area (Å²) in [6.45, 7) is 7.16. The minimum absolute atomic E-state index is 0.101. The zero-order valence-electron chi connectivity index (χ0n) is 16.4. The van der Waals surface area contributed by atoms with Gasteiger partial charge in [-0.2, -0.15) is 0 Å². The summed E-state index contributed by atoms with van der Waals surface area (Å²) in [4.78, 5) is 26.3. The number of rotatable bonds is 5. The van der Waals surface area contributed by atoms with E-state index in [1.165, 1.54) is 4.68 Å². The summed E-state index contributed by atoms with van der Waals surface area (Å²) in [6, 6.07) is 15.2. The molecule has 0 radical (unpaired) electrons. The Bertz CT molecular complexity index is 1280. The Morgan fingerprint density at radius 1 is 1.04 bits per heavy atom. The first-order valence-corrected chi connectivity index (χ1v) is 9.62. The van der Waals surface area contributed by atoms with E-state index in [9.17, 15) is 9.59 Å². The van der Waals surface area contributed by atoms with E-state index in [4.69, 9.17) is 0 Å². The Kier molecular flexibility index (Phi) is 4.63. The molecular formula is C22H24N4O2. The van der Waals surface area contributed by atoms with Crippen molar-refractivity contribution in [1.29, 1.82) is 0 Å². The summed E-state index contributed by atoms with van der Waals surface area (Å²) in [5.74, 6) is 0.849. The van der Waals surface area contributed by atoms with Gasteiger partial charge in [0.05, 0.1) is 17.4 Å². The number of nitrogens with zero attached hydrogens (tertiary/aromatic N) is 4. The lowest BCUT2D eigenvalue weighted by Crippen LogP contribution is -2.27. The Labute approximate surface area is 162 Å². The molecule has 0 bridgehead atoms. The molecule has 0 aliphatic carbocycles. The smallest absolute Gasteiger partial charge is 0.276 e. The molecule has 0 aliphatic heterocycles. The second-order valence-corrected chi connectivity index (χ2v) is 7.72. The molecule has 0 unspecified atom stereocenters. The SMILES string of the molecule is Cc1cccc(Cn2nc3n(CCC(C)C)c(=O)c4ccccc4n3c2=O)c1. The van der Waals surface area contributed by atoms with E-state index in [1.807, 2.05) is 43.3 Å². The molecule has 144 valence electrons. The van der Waals surface area contributed by atoms with Crippen LogP contribution in [0.15, 0.2) is 58.1 Å². The maximum absolute atomic E-state index is 13.2. The van der Waals surface area contributed by atoms with Crippen molar-refractivity contribution in [2.45, 2.75) is 40.3 Å². The van der Waals surface area contributed by atoms with Crippen LogP contribution < -0.4 is 11.2 Å². The molecule has 0 N–H and O–H groups in total. The molecule has 2 aromatic carbocycles. The highest BCUT2D eigenvalue weighted by Crippen LogP contribution is 2.13. The van der Waals surface area contributed by atoms with Crippen molar-refractivity contribution >= 4 is 16.7 Å². The molecule has 0 fully saturated rings. The Hall–Kier alpha value is -3.15. The van der Waals surface area contributed by atoms with Gasteiger partial charge >= 0.3 is 5.69 Å². The quantitative estimate of drug-likeness (QED) is 0.537. The number of aromatic nitrogens is 4. The lowest BCUT2D eigenvalue weighted by Gasteiger charge is -2.10. The molecule has 2 heterocycles. The van der Waals surface area contributed by atoms with E-state index in [0.29, 0.717) is 35.7 Å². The van der Waals surface area contributed by atoms with E-state index in [-0.39, 0.29) is 11.2 Å². The van der Waals surface area contributed by atoms with Crippen LogP contribution in [-0.4, -0.2) is 18.7 Å². The standard InChI is InChI=1S/C22H24N4O2/c1-15(2)11-12-24-20(27)18-9-4-5-10-19(18)26-21(24)23-25(22(26)28)14-17-8-6-7-16(3)13-17/h4-10,13,15H,11-12,14H2,1-3H3. The van der Waals surface area contributed by atoms with Crippen molar-refractivity contribution in [2.24, 2.45) is 5.92 Å². The number of fused-ring (bicyclic) bond motifs is 3. The molecule has 6 heteroatoms. The van der Waals surface area contributed by atoms with Crippen molar-refractivity contribution in [2.75, 3.05) is 0 Å². The van der Waals surface area contributed by atoms with Crippen molar-refractivity contribution in [1.82, 2.24) is 18.7 Å². The van der Waals surface area contributed by atoms with E-state index in [0.717, 1.165) is 17.5 Å². The largest absolute Gasteiger partial charge is 0.352 e. The second kappa shape index (κ2) is 7.11. The van der Waals surface area contributed by atoms with Crippen molar-refractivity contribution in [3.8, 4) is 0 Å². The van der Waals surface area contributed by atoms with Gasteiger partial charge in [-0.3, -0.25) is 9.36 Å². The lowest BCUT2D eigenvalue weighted by atomic mass is 10.1. The molecule has 0 amide bonds. The first-order chi connectivity index (χ1) is 13.5. The van der Waals surface area contributed by atoms with Crippen LogP contribution in [0.5, 0.6) is 0 Å². The molecule has 4 aromatic rings. The maximum atomic E-state index is 13.2. The lowest BCUT2D eigenvalue weighted by molar-refractivity contribution is 0.511. The summed E-state index contributed by atoms with van der Waals surface area (Å²) in [7, 11) is 0. The topological polar surface area (TPSA) is 61.3 Å². The average molecular weight is 376 g/mol. The maximum Gasteiger partial charge on any atom is 0.352 e. The van der Waals surface area contributed by atoms with Crippen molar-refractivity contribution in [3.05, 3.63) is 80.5 Å². The molecule has 4 rings (SSSR count). The Balaban J connectivity index is 1.96. The molecule has 0 saturated carbocycles. The molecular weight excluding hydrogens is 352 g/mol. The van der Waals surface area contributed by atoms with Gasteiger partial charge in [0.2, 0.25) is 5.78 Å². The number of benzene rings is 2. The Morgan fingerprint density at radius 3 is 2.57 bits per heavy atom. The zero-order valence-corrected chi connectivity index (χ0v) is 16.4. The molecule has 6 nitrogen and oxygen atoms in total. The summed E-state index contributed by atoms with van der Waals surface area (Å²) < 4.78 is 4.64. The highest BCUT2D eigenvalue weighted by Gasteiger charge is 2.17. The highest BCUT2D eigenvalue weighted by molar-refractivity contribution is 5.79. The van der Waals surface area contributed by atoms with Crippen LogP contribution in [0.25, 0.3) is 16.7 Å². The second-order valence-electron chi connectivity index (χ2n) is 7.72. The van der Waals surface area contributed by atoms with Crippen molar-refractivity contribution in [3.63, 3.8) is 0 Å². The zero-order chi connectivity index (χ0) is 19.8. The molecule has 0 atom stereocenters. The van der Waals surface area contributed by atoms with Crippen molar-refractivity contribution < 1.29 is 0 Å². The fourth-order valence-corrected chi connectivity index (χ4v) is 3.54. The van der Waals surface area contributed by atoms with Crippen LogP contribution in [-0.2, 0) is 13.1 Å². The van der Waals surface area contributed by atoms with Gasteiger partial charge in [0.15, 0.2) is 0 Å². The summed E-state index contributed by atoms with van der Waals surface area (Å²) in [5.41, 5.74) is 2.41. The minimum Gasteiger partial charge on any atom is -0.276 e. The van der Waals surface area contributed by atoms with Gasteiger partial charge in [-0.05, 0) is 37.0 Å². The number of hydrogen-bond donors (Lipinski definition) is 0. The molecule has 0 saturated heterocycles. The first kappa shape index (κ1) is 18.2. The summed E-state index contributed by atoms with van der Waals surface area (Å²) in [6.07, 6.45) is 0.840. The fraction of sp³-hybridized carbons (Fsp3) is 0.318. The number of aryl methyl sites for hydroxylation is 2. The van der Waals surface area contributed by atoms with Gasteiger partial charge in [0, 0.05) is 6.54 Å². The van der Waals surface area contributed by atoms with E-state index >= 15 is 0 Å². The van der Waals surface area contributed by atoms with Gasteiger partial charge in [-0.1, -0.05) is 55.8 Å². The van der Waals surface area contributed by atoms with Crippen LogP contribution in [0.2, 0.25) is 0 Å². The van der Waals surface area contributed by atoms with Crippen LogP contribution in [0.3, 0.4) is 0 Å². The molecule has 2 aromatic heterocycles. The third kappa shape index (κ3) is 3.15. The van der Waals surface area contributed by atoms with Gasteiger partial charge in [-0.25, -0.2) is 13.9 Å². The normalized spacial score (nSPS) is 11.7. The Morgan fingerprint density at radius 2 is 1.82 bits per heavy atom. The first-order valence-electron chi connectivity index (χ1n) is 9.62. The predicted molar refractivity (Wildman–Crippen MR) is 111 cm³/mol. The molecule has 0 aliphatic rings. The van der Waals surface area contributed by atoms with Crippen LogP contribution >= 0.6 is 0 Å². The van der Waals surface area contributed by atoms with Gasteiger partial charge in [0.1, 0.15) is 0 Å².